The van der Waals surface area contributed by atoms with Gasteiger partial charge in [0.25, 0.3) is 0 Å². The minimum Gasteiger partial charge on any atom is -0.464 e. The zero-order valence-electron chi connectivity index (χ0n) is 10.3. The molecule has 0 radical (unpaired) electrons. The molecule has 2 N–H and O–H groups in total. The Kier molecular flexibility index (Phi) is 5.22. The lowest BCUT2D eigenvalue weighted by atomic mass is 9.92. The summed E-state index contributed by atoms with van der Waals surface area (Å²) in [5.74, 6) is 0.383. The highest BCUT2D eigenvalue weighted by molar-refractivity contribution is 5.80. The van der Waals surface area contributed by atoms with Gasteiger partial charge in [0.1, 0.15) is 5.54 Å². The number of rotatable bonds is 5. The molecule has 1 aliphatic rings. The molecule has 16 heavy (non-hydrogen) atoms. The van der Waals surface area contributed by atoms with Crippen molar-refractivity contribution < 1.29 is 14.3 Å². The van der Waals surface area contributed by atoms with E-state index in [2.05, 4.69) is 13.8 Å². The van der Waals surface area contributed by atoms with Gasteiger partial charge in [-0.2, -0.15) is 0 Å². The fourth-order valence-corrected chi connectivity index (χ4v) is 1.74. The Bertz CT molecular complexity index is 222. The van der Waals surface area contributed by atoms with Crippen LogP contribution in [0.4, 0.5) is 0 Å². The van der Waals surface area contributed by atoms with Crippen LogP contribution in [0.2, 0.25) is 0 Å². The topological polar surface area (TPSA) is 61.5 Å². The van der Waals surface area contributed by atoms with E-state index in [-0.39, 0.29) is 5.97 Å². The second-order valence-electron chi connectivity index (χ2n) is 4.94. The summed E-state index contributed by atoms with van der Waals surface area (Å²) in [5, 5.41) is 0. The molecule has 94 valence electrons. The molecule has 0 amide bonds. The highest BCUT2D eigenvalue weighted by atomic mass is 16.5. The number of carbonyl (C=O) groups excluding carboxylic acids is 1. The fraction of sp³-hybridized carbons (Fsp3) is 0.917. The van der Waals surface area contributed by atoms with E-state index < -0.39 is 5.54 Å². The van der Waals surface area contributed by atoms with E-state index in [0.29, 0.717) is 38.6 Å². The molecule has 1 fully saturated rings. The van der Waals surface area contributed by atoms with Gasteiger partial charge in [-0.1, -0.05) is 13.8 Å². The maximum atomic E-state index is 11.8. The van der Waals surface area contributed by atoms with Crippen LogP contribution in [0.5, 0.6) is 0 Å². The summed E-state index contributed by atoms with van der Waals surface area (Å²) in [6.45, 7) is 5.90. The molecular formula is C12H23NO3. The lowest BCUT2D eigenvalue weighted by Crippen LogP contribution is -2.52. The summed E-state index contributed by atoms with van der Waals surface area (Å²) in [7, 11) is 0. The predicted molar refractivity (Wildman–Crippen MR) is 62.0 cm³/mol. The van der Waals surface area contributed by atoms with Gasteiger partial charge in [0, 0.05) is 13.2 Å². The van der Waals surface area contributed by atoms with Crippen LogP contribution in [-0.2, 0) is 14.3 Å². The minimum absolute atomic E-state index is 0.264. The van der Waals surface area contributed by atoms with Crippen molar-refractivity contribution in [1.29, 1.82) is 0 Å². The van der Waals surface area contributed by atoms with E-state index in [1.807, 2.05) is 0 Å². The van der Waals surface area contributed by atoms with Crippen molar-refractivity contribution in [2.45, 2.75) is 45.1 Å². The average Bonchev–Trinajstić information content (AvgIpc) is 2.25. The first-order valence-corrected chi connectivity index (χ1v) is 6.08. The molecule has 1 aliphatic heterocycles. The molecule has 0 bridgehead atoms. The van der Waals surface area contributed by atoms with Crippen molar-refractivity contribution in [3.63, 3.8) is 0 Å². The molecule has 1 heterocycles. The first-order chi connectivity index (χ1) is 7.54. The van der Waals surface area contributed by atoms with Crippen molar-refractivity contribution in [2.75, 3.05) is 19.8 Å². The molecule has 0 unspecified atom stereocenters. The SMILES string of the molecule is CC(C)CCCOC(=O)C1(N)CCOCC1. The molecule has 0 atom stereocenters. The Hall–Kier alpha value is -0.610. The highest BCUT2D eigenvalue weighted by Gasteiger charge is 2.37. The Labute approximate surface area is 97.5 Å². The van der Waals surface area contributed by atoms with Gasteiger partial charge in [-0.25, -0.2) is 0 Å². The van der Waals surface area contributed by atoms with Gasteiger partial charge in [-0.05, 0) is 31.6 Å². The van der Waals surface area contributed by atoms with Crippen molar-refractivity contribution in [2.24, 2.45) is 11.7 Å². The third kappa shape index (κ3) is 4.10. The summed E-state index contributed by atoms with van der Waals surface area (Å²) in [6, 6.07) is 0. The van der Waals surface area contributed by atoms with Crippen LogP contribution in [0.15, 0.2) is 0 Å². The second kappa shape index (κ2) is 6.21. The minimum atomic E-state index is -0.809. The highest BCUT2D eigenvalue weighted by Crippen LogP contribution is 2.19. The monoisotopic (exact) mass is 229 g/mol. The largest absolute Gasteiger partial charge is 0.464 e. The van der Waals surface area contributed by atoms with Crippen LogP contribution in [0, 0.1) is 5.92 Å². The number of carbonyl (C=O) groups is 1. The fourth-order valence-electron chi connectivity index (χ4n) is 1.74. The molecule has 0 saturated carbocycles. The second-order valence-corrected chi connectivity index (χ2v) is 4.94. The van der Waals surface area contributed by atoms with E-state index in [4.69, 9.17) is 15.2 Å². The van der Waals surface area contributed by atoms with E-state index in [9.17, 15) is 4.79 Å². The quantitative estimate of drug-likeness (QED) is 0.573. The lowest BCUT2D eigenvalue weighted by Gasteiger charge is -2.30. The number of esters is 1. The molecule has 1 saturated heterocycles. The first kappa shape index (κ1) is 13.5. The van der Waals surface area contributed by atoms with E-state index in [0.717, 1.165) is 12.8 Å². The standard InChI is InChI=1S/C12H23NO3/c1-10(2)4-3-7-16-11(14)12(13)5-8-15-9-6-12/h10H,3-9,13H2,1-2H3. The van der Waals surface area contributed by atoms with Crippen molar-refractivity contribution in [1.82, 2.24) is 0 Å². The van der Waals surface area contributed by atoms with Crippen LogP contribution < -0.4 is 5.73 Å². The Morgan fingerprint density at radius 3 is 2.62 bits per heavy atom. The number of hydrogen-bond donors (Lipinski definition) is 1. The van der Waals surface area contributed by atoms with Crippen LogP contribution in [-0.4, -0.2) is 31.3 Å². The zero-order chi connectivity index (χ0) is 12.0. The van der Waals surface area contributed by atoms with Crippen LogP contribution in [0.1, 0.15) is 39.5 Å². The molecular weight excluding hydrogens is 206 g/mol. The third-order valence-electron chi connectivity index (χ3n) is 2.95. The van der Waals surface area contributed by atoms with E-state index >= 15 is 0 Å². The van der Waals surface area contributed by atoms with Gasteiger partial charge in [-0.3, -0.25) is 4.79 Å². The molecule has 0 aromatic carbocycles. The molecule has 1 rings (SSSR count). The maximum absolute atomic E-state index is 11.8. The average molecular weight is 229 g/mol. The van der Waals surface area contributed by atoms with E-state index in [1.54, 1.807) is 0 Å². The molecule has 0 aliphatic carbocycles. The van der Waals surface area contributed by atoms with Crippen LogP contribution >= 0.6 is 0 Å². The van der Waals surface area contributed by atoms with Gasteiger partial charge < -0.3 is 15.2 Å². The van der Waals surface area contributed by atoms with Gasteiger partial charge >= 0.3 is 5.97 Å². The van der Waals surface area contributed by atoms with Gasteiger partial charge in [0.05, 0.1) is 6.61 Å². The lowest BCUT2D eigenvalue weighted by molar-refractivity contribution is -0.154. The summed E-state index contributed by atoms with van der Waals surface area (Å²) in [6.07, 6.45) is 3.12. The smallest absolute Gasteiger partial charge is 0.326 e. The van der Waals surface area contributed by atoms with Crippen molar-refractivity contribution in [3.05, 3.63) is 0 Å². The Morgan fingerprint density at radius 1 is 1.44 bits per heavy atom. The molecule has 4 heteroatoms. The first-order valence-electron chi connectivity index (χ1n) is 6.08. The maximum Gasteiger partial charge on any atom is 0.326 e. The predicted octanol–water partition coefficient (Wildman–Crippen LogP) is 1.47. The normalized spacial score (nSPS) is 19.8. The molecule has 0 spiro atoms. The number of hydrogen-bond acceptors (Lipinski definition) is 4. The third-order valence-corrected chi connectivity index (χ3v) is 2.95. The van der Waals surface area contributed by atoms with Crippen LogP contribution in [0.3, 0.4) is 0 Å². The molecule has 0 aromatic rings. The van der Waals surface area contributed by atoms with Crippen LogP contribution in [0.25, 0.3) is 0 Å². The van der Waals surface area contributed by atoms with Gasteiger partial charge in [0.2, 0.25) is 0 Å². The number of nitrogens with two attached hydrogens (primary N) is 1. The zero-order valence-corrected chi connectivity index (χ0v) is 10.3. The number of ether oxygens (including phenoxy) is 2. The summed E-state index contributed by atoms with van der Waals surface area (Å²) < 4.78 is 10.4. The van der Waals surface area contributed by atoms with Crippen molar-refractivity contribution in [3.8, 4) is 0 Å². The van der Waals surface area contributed by atoms with Gasteiger partial charge in [0.15, 0.2) is 0 Å². The van der Waals surface area contributed by atoms with E-state index in [1.165, 1.54) is 0 Å². The van der Waals surface area contributed by atoms with Gasteiger partial charge in [-0.15, -0.1) is 0 Å². The summed E-state index contributed by atoms with van der Waals surface area (Å²) in [5.41, 5.74) is 5.18. The van der Waals surface area contributed by atoms with Crippen molar-refractivity contribution >= 4 is 5.97 Å². The Morgan fingerprint density at radius 2 is 2.06 bits per heavy atom. The Balaban J connectivity index is 2.23. The molecule has 4 nitrogen and oxygen atoms in total. The molecule has 0 aromatic heterocycles. The summed E-state index contributed by atoms with van der Waals surface area (Å²) in [4.78, 5) is 11.8. The summed E-state index contributed by atoms with van der Waals surface area (Å²) >= 11 is 0.